The number of carbonyl (C=O) groups excluding carboxylic acids is 1. The monoisotopic (exact) mass is 278 g/mol. The van der Waals surface area contributed by atoms with Gasteiger partial charge in [-0.15, -0.1) is 0 Å². The van der Waals surface area contributed by atoms with E-state index in [1.807, 2.05) is 11.0 Å². The first-order valence-electron chi connectivity index (χ1n) is 6.95. The highest BCUT2D eigenvalue weighted by Gasteiger charge is 2.20. The van der Waals surface area contributed by atoms with Crippen LogP contribution in [0.1, 0.15) is 25.3 Å². The number of hydrogen-bond acceptors (Lipinski definition) is 4. The van der Waals surface area contributed by atoms with Crippen molar-refractivity contribution in [3.8, 4) is 11.5 Å². The summed E-state index contributed by atoms with van der Waals surface area (Å²) in [6, 6.07) is 5.61. The van der Waals surface area contributed by atoms with Gasteiger partial charge in [0.05, 0.1) is 7.11 Å². The number of piperidine rings is 1. The van der Waals surface area contributed by atoms with E-state index in [1.165, 1.54) is 0 Å². The van der Waals surface area contributed by atoms with Crippen LogP contribution in [0.4, 0.5) is 0 Å². The van der Waals surface area contributed by atoms with E-state index in [4.69, 9.17) is 4.74 Å². The quantitative estimate of drug-likeness (QED) is 0.876. The summed E-state index contributed by atoms with van der Waals surface area (Å²) in [7, 11) is 1.61. The zero-order valence-electron chi connectivity index (χ0n) is 12.1. The Hall–Kier alpha value is -1.75. The number of ether oxygens (including phenoxy) is 1. The number of methoxy groups -OCH3 is 1. The van der Waals surface area contributed by atoms with Crippen molar-refractivity contribution in [1.82, 2.24) is 10.2 Å². The zero-order chi connectivity index (χ0) is 14.5. The Kier molecular flexibility index (Phi) is 4.84. The van der Waals surface area contributed by atoms with Gasteiger partial charge in [-0.2, -0.15) is 0 Å². The van der Waals surface area contributed by atoms with Crippen LogP contribution in [0.2, 0.25) is 0 Å². The lowest BCUT2D eigenvalue weighted by Crippen LogP contribution is -2.43. The first-order chi connectivity index (χ1) is 9.60. The number of phenolic OH excluding ortho intramolecular Hbond substituents is 1. The number of benzene rings is 1. The van der Waals surface area contributed by atoms with Crippen LogP contribution in [-0.2, 0) is 11.3 Å². The van der Waals surface area contributed by atoms with Gasteiger partial charge < -0.3 is 20.1 Å². The minimum Gasteiger partial charge on any atom is -0.508 e. The van der Waals surface area contributed by atoms with E-state index in [2.05, 4.69) is 5.32 Å². The van der Waals surface area contributed by atoms with Gasteiger partial charge in [0.15, 0.2) is 0 Å². The number of amides is 1. The lowest BCUT2D eigenvalue weighted by atomic mass is 10.0. The first-order valence-corrected chi connectivity index (χ1v) is 6.95. The van der Waals surface area contributed by atoms with Crippen molar-refractivity contribution in [3.63, 3.8) is 0 Å². The molecule has 0 aliphatic carbocycles. The number of phenols is 1. The average molecular weight is 278 g/mol. The maximum Gasteiger partial charge on any atom is 0.219 e. The normalized spacial score (nSPS) is 16.2. The predicted octanol–water partition coefficient (Wildman–Crippen LogP) is 1.50. The highest BCUT2D eigenvalue weighted by atomic mass is 16.5. The molecule has 1 aliphatic heterocycles. The summed E-state index contributed by atoms with van der Waals surface area (Å²) in [5.74, 6) is 1.17. The number of nitrogens with one attached hydrogen (secondary N) is 1. The van der Waals surface area contributed by atoms with E-state index in [0.717, 1.165) is 37.2 Å². The third-order valence-corrected chi connectivity index (χ3v) is 3.81. The molecule has 1 aromatic rings. The molecule has 110 valence electrons. The predicted molar refractivity (Wildman–Crippen MR) is 76.8 cm³/mol. The molecule has 2 N–H and O–H groups in total. The van der Waals surface area contributed by atoms with E-state index in [9.17, 15) is 9.90 Å². The molecule has 1 aliphatic rings. The van der Waals surface area contributed by atoms with Gasteiger partial charge in [-0.05, 0) is 31.0 Å². The Labute approximate surface area is 119 Å². The molecular formula is C15H22N2O3. The van der Waals surface area contributed by atoms with Crippen LogP contribution < -0.4 is 10.1 Å². The van der Waals surface area contributed by atoms with Gasteiger partial charge >= 0.3 is 0 Å². The van der Waals surface area contributed by atoms with Crippen molar-refractivity contribution in [1.29, 1.82) is 0 Å². The Bertz CT molecular complexity index is 468. The van der Waals surface area contributed by atoms with Crippen LogP contribution in [-0.4, -0.2) is 42.2 Å². The summed E-state index contributed by atoms with van der Waals surface area (Å²) in [5, 5.41) is 13.3. The molecule has 0 atom stereocenters. The Morgan fingerprint density at radius 1 is 1.45 bits per heavy atom. The second-order valence-electron chi connectivity index (χ2n) is 5.16. The second kappa shape index (κ2) is 6.61. The number of likely N-dealkylation sites (tertiary alicyclic amines) is 1. The molecule has 0 unspecified atom stereocenters. The van der Waals surface area contributed by atoms with E-state index < -0.39 is 0 Å². The lowest BCUT2D eigenvalue weighted by molar-refractivity contribution is -0.129. The Morgan fingerprint density at radius 2 is 2.15 bits per heavy atom. The molecular weight excluding hydrogens is 256 g/mol. The summed E-state index contributed by atoms with van der Waals surface area (Å²) in [6.45, 7) is 3.82. The molecule has 0 spiro atoms. The number of aromatic hydroxyl groups is 1. The SMILES string of the molecule is COc1ccc(O)c(CNC2CCN(C(C)=O)CC2)c1. The summed E-state index contributed by atoms with van der Waals surface area (Å²) in [6.07, 6.45) is 1.90. The molecule has 0 saturated carbocycles. The van der Waals surface area contributed by atoms with Crippen molar-refractivity contribution in [2.45, 2.75) is 32.4 Å². The zero-order valence-corrected chi connectivity index (χ0v) is 12.1. The summed E-state index contributed by atoms with van der Waals surface area (Å²) in [5.41, 5.74) is 0.832. The summed E-state index contributed by atoms with van der Waals surface area (Å²) < 4.78 is 5.16. The minimum atomic E-state index is 0.147. The Balaban J connectivity index is 1.86. The third-order valence-electron chi connectivity index (χ3n) is 3.81. The van der Waals surface area contributed by atoms with E-state index in [-0.39, 0.29) is 11.7 Å². The summed E-state index contributed by atoms with van der Waals surface area (Å²) in [4.78, 5) is 13.1. The fourth-order valence-electron chi connectivity index (χ4n) is 2.48. The number of nitrogens with zero attached hydrogens (tertiary/aromatic N) is 1. The fraction of sp³-hybridized carbons (Fsp3) is 0.533. The van der Waals surface area contributed by atoms with Crippen LogP contribution in [0.25, 0.3) is 0 Å². The van der Waals surface area contributed by atoms with Crippen molar-refractivity contribution < 1.29 is 14.6 Å². The number of rotatable bonds is 4. The van der Waals surface area contributed by atoms with Gasteiger partial charge in [-0.1, -0.05) is 0 Å². The average Bonchev–Trinajstić information content (AvgIpc) is 2.47. The van der Waals surface area contributed by atoms with Gasteiger partial charge in [-0.3, -0.25) is 4.79 Å². The molecule has 20 heavy (non-hydrogen) atoms. The minimum absolute atomic E-state index is 0.147. The van der Waals surface area contributed by atoms with Gasteiger partial charge in [0.2, 0.25) is 5.91 Å². The van der Waals surface area contributed by atoms with Gasteiger partial charge in [0.25, 0.3) is 0 Å². The highest BCUT2D eigenvalue weighted by Crippen LogP contribution is 2.23. The van der Waals surface area contributed by atoms with Crippen molar-refractivity contribution in [2.75, 3.05) is 20.2 Å². The topological polar surface area (TPSA) is 61.8 Å². The standard InChI is InChI=1S/C15H22N2O3/c1-11(18)17-7-5-13(6-8-17)16-10-12-9-14(20-2)3-4-15(12)19/h3-4,9,13,16,19H,5-8,10H2,1-2H3. The maximum absolute atomic E-state index is 11.3. The molecule has 1 aromatic carbocycles. The van der Waals surface area contributed by atoms with Crippen molar-refractivity contribution in [2.24, 2.45) is 0 Å². The molecule has 1 heterocycles. The Morgan fingerprint density at radius 3 is 2.75 bits per heavy atom. The molecule has 5 heteroatoms. The highest BCUT2D eigenvalue weighted by molar-refractivity contribution is 5.73. The fourth-order valence-corrected chi connectivity index (χ4v) is 2.48. The lowest BCUT2D eigenvalue weighted by Gasteiger charge is -2.31. The molecule has 1 fully saturated rings. The number of carbonyl (C=O) groups is 1. The first kappa shape index (κ1) is 14.7. The molecule has 0 radical (unpaired) electrons. The van der Waals surface area contributed by atoms with Crippen molar-refractivity contribution >= 4 is 5.91 Å². The number of hydrogen-bond donors (Lipinski definition) is 2. The van der Waals surface area contributed by atoms with E-state index >= 15 is 0 Å². The van der Waals surface area contributed by atoms with E-state index in [0.29, 0.717) is 12.6 Å². The van der Waals surface area contributed by atoms with Gasteiger partial charge in [0.1, 0.15) is 11.5 Å². The largest absolute Gasteiger partial charge is 0.508 e. The van der Waals surface area contributed by atoms with Crippen LogP contribution in [0.15, 0.2) is 18.2 Å². The molecule has 1 amide bonds. The van der Waals surface area contributed by atoms with Crippen LogP contribution in [0.5, 0.6) is 11.5 Å². The van der Waals surface area contributed by atoms with Gasteiger partial charge in [0, 0.05) is 38.2 Å². The van der Waals surface area contributed by atoms with Gasteiger partial charge in [-0.25, -0.2) is 0 Å². The third kappa shape index (κ3) is 3.63. The maximum atomic E-state index is 11.3. The molecule has 5 nitrogen and oxygen atoms in total. The summed E-state index contributed by atoms with van der Waals surface area (Å²) >= 11 is 0. The van der Waals surface area contributed by atoms with Crippen LogP contribution in [0, 0.1) is 0 Å². The molecule has 0 aromatic heterocycles. The van der Waals surface area contributed by atoms with Crippen LogP contribution >= 0.6 is 0 Å². The van der Waals surface area contributed by atoms with E-state index in [1.54, 1.807) is 26.2 Å². The van der Waals surface area contributed by atoms with Crippen molar-refractivity contribution in [3.05, 3.63) is 23.8 Å². The molecule has 1 saturated heterocycles. The van der Waals surface area contributed by atoms with Crippen LogP contribution in [0.3, 0.4) is 0 Å². The second-order valence-corrected chi connectivity index (χ2v) is 5.16. The molecule has 2 rings (SSSR count). The smallest absolute Gasteiger partial charge is 0.219 e. The molecule has 0 bridgehead atoms.